The molecule has 6 atom stereocenters. The molecule has 0 bridgehead atoms. The summed E-state index contributed by atoms with van der Waals surface area (Å²) in [5, 5.41) is 41.7. The number of unbranched alkanes of at least 4 members (excludes halogenated alkanes) is 6. The number of amides is 1. The van der Waals surface area contributed by atoms with E-state index >= 15 is 0 Å². The number of thioether (sulfide) groups is 1. The highest BCUT2D eigenvalue weighted by atomic mass is 32.2. The van der Waals surface area contributed by atoms with Gasteiger partial charge in [0.2, 0.25) is 5.91 Å². The fourth-order valence-electron chi connectivity index (χ4n) is 4.47. The Balaban J connectivity index is 1.96. The van der Waals surface area contributed by atoms with Crippen LogP contribution in [0.5, 0.6) is 0 Å². The van der Waals surface area contributed by atoms with E-state index in [4.69, 9.17) is 33.2 Å². The van der Waals surface area contributed by atoms with E-state index in [0.717, 1.165) is 37.8 Å². The van der Waals surface area contributed by atoms with E-state index in [1.165, 1.54) is 38.5 Å². The molecular weight excluding hydrogens is 622 g/mol. The Morgan fingerprint density at radius 1 is 0.717 bits per heavy atom. The lowest BCUT2D eigenvalue weighted by Crippen LogP contribution is -2.57. The third-order valence-corrected chi connectivity index (χ3v) is 8.40. The summed E-state index contributed by atoms with van der Waals surface area (Å²) in [7, 11) is 0. The molecule has 0 aromatic carbocycles. The summed E-state index contributed by atoms with van der Waals surface area (Å²) in [4.78, 5) is 12.0. The number of aliphatic hydroxyl groups excluding tert-OH is 4. The van der Waals surface area contributed by atoms with E-state index in [1.807, 2.05) is 0 Å². The number of carbonyl (C=O) groups is 1. The van der Waals surface area contributed by atoms with Crippen LogP contribution in [0.15, 0.2) is 0 Å². The molecule has 1 rings (SSSR count). The second kappa shape index (κ2) is 30.4. The first-order chi connectivity index (χ1) is 22.4. The summed E-state index contributed by atoms with van der Waals surface area (Å²) < 4.78 is 39.6. The topological polar surface area (TPSA) is 175 Å². The highest BCUT2D eigenvalue weighted by Gasteiger charge is 2.43. The van der Waals surface area contributed by atoms with Gasteiger partial charge in [-0.25, -0.2) is 0 Å². The van der Waals surface area contributed by atoms with Crippen LogP contribution in [0.2, 0.25) is 0 Å². The molecule has 0 aromatic heterocycles. The smallest absolute Gasteiger partial charge is 0.220 e. The van der Waals surface area contributed by atoms with Gasteiger partial charge >= 0.3 is 0 Å². The van der Waals surface area contributed by atoms with Crippen LogP contribution in [0, 0.1) is 0 Å². The van der Waals surface area contributed by atoms with Gasteiger partial charge < -0.3 is 58.9 Å². The molecule has 13 nitrogen and oxygen atoms in total. The fourth-order valence-corrected chi connectivity index (χ4v) is 5.58. The van der Waals surface area contributed by atoms with Crippen molar-refractivity contribution in [2.24, 2.45) is 0 Å². The minimum atomic E-state index is -1.42. The summed E-state index contributed by atoms with van der Waals surface area (Å²) >= 11 is 1.14. The Morgan fingerprint density at radius 3 is 1.89 bits per heavy atom. The number of hydrogen-bond acceptors (Lipinski definition) is 13. The number of rotatable bonds is 32. The molecule has 0 aliphatic carbocycles. The van der Waals surface area contributed by atoms with Gasteiger partial charge in [-0.05, 0) is 12.8 Å². The Kier molecular flexibility index (Phi) is 28.7. The van der Waals surface area contributed by atoms with Crippen LogP contribution in [0.3, 0.4) is 0 Å². The van der Waals surface area contributed by atoms with E-state index in [9.17, 15) is 25.2 Å². The maximum atomic E-state index is 12.0. The molecule has 1 heterocycles. The molecule has 1 aliphatic heterocycles. The SMILES string of the molecule is CCCCCCOCC(COCCOCCOCCOCCNC(=O)CCS[C@H]1OC(CO)[C@@H](O)[C@H](O)C1O)OCCCCCC. The lowest BCUT2D eigenvalue weighted by atomic mass is 10.0. The maximum absolute atomic E-state index is 12.0. The zero-order valence-corrected chi connectivity index (χ0v) is 29.0. The molecule has 5 N–H and O–H groups in total. The van der Waals surface area contributed by atoms with E-state index in [-0.39, 0.29) is 18.4 Å². The molecule has 14 heteroatoms. The van der Waals surface area contributed by atoms with E-state index in [2.05, 4.69) is 19.2 Å². The largest absolute Gasteiger partial charge is 0.394 e. The molecule has 0 aromatic rings. The lowest BCUT2D eigenvalue weighted by Gasteiger charge is -2.39. The van der Waals surface area contributed by atoms with Crippen LogP contribution in [0.25, 0.3) is 0 Å². The standard InChI is InChI=1S/C32H63NO12S/c1-3-5-7-9-13-42-24-26(44-14-10-8-6-4-2)25-43-21-20-41-19-18-40-17-16-39-15-12-33-28(35)11-22-46-32-31(38)30(37)29(36)27(23-34)45-32/h26-27,29-32,34,36-38H,3-25H2,1-2H3,(H,33,35)/t26?,27?,29-,30+,31?,32-/m1/s1. The van der Waals surface area contributed by atoms with Crippen molar-refractivity contribution in [3.63, 3.8) is 0 Å². The van der Waals surface area contributed by atoms with Gasteiger partial charge in [0.15, 0.2) is 0 Å². The molecular formula is C32H63NO12S. The number of nitrogens with one attached hydrogen (secondary N) is 1. The van der Waals surface area contributed by atoms with Gasteiger partial charge in [-0.2, -0.15) is 0 Å². The lowest BCUT2D eigenvalue weighted by molar-refractivity contribution is -0.205. The first kappa shape index (κ1) is 43.4. The zero-order chi connectivity index (χ0) is 33.7. The summed E-state index contributed by atoms with van der Waals surface area (Å²) in [5.74, 6) is 0.148. The average molecular weight is 686 g/mol. The molecule has 0 radical (unpaired) electrons. The summed E-state index contributed by atoms with van der Waals surface area (Å²) in [6.45, 7) is 9.82. The van der Waals surface area contributed by atoms with Crippen LogP contribution < -0.4 is 5.32 Å². The van der Waals surface area contributed by atoms with Crippen LogP contribution in [0.1, 0.15) is 71.6 Å². The van der Waals surface area contributed by atoms with E-state index in [1.54, 1.807) is 0 Å². The van der Waals surface area contributed by atoms with Gasteiger partial charge in [-0.1, -0.05) is 52.4 Å². The second-order valence-corrected chi connectivity index (χ2v) is 12.5. The predicted molar refractivity (Wildman–Crippen MR) is 176 cm³/mol. The van der Waals surface area contributed by atoms with Crippen LogP contribution in [0.4, 0.5) is 0 Å². The molecule has 1 aliphatic rings. The second-order valence-electron chi connectivity index (χ2n) is 11.3. The van der Waals surface area contributed by atoms with Crippen molar-refractivity contribution in [2.45, 2.75) is 108 Å². The van der Waals surface area contributed by atoms with Gasteiger partial charge in [0.05, 0.1) is 66.1 Å². The predicted octanol–water partition coefficient (Wildman–Crippen LogP) is 1.65. The summed E-state index contributed by atoms with van der Waals surface area (Å²) in [5.41, 5.74) is -0.844. The number of carbonyl (C=O) groups excluding carboxylic acids is 1. The van der Waals surface area contributed by atoms with Crippen molar-refractivity contribution in [3.05, 3.63) is 0 Å². The van der Waals surface area contributed by atoms with E-state index < -0.39 is 36.5 Å². The summed E-state index contributed by atoms with van der Waals surface area (Å²) in [6.07, 6.45) is 4.45. The minimum Gasteiger partial charge on any atom is -0.394 e. The maximum Gasteiger partial charge on any atom is 0.220 e. The highest BCUT2D eigenvalue weighted by Crippen LogP contribution is 2.28. The molecule has 1 amide bonds. The summed E-state index contributed by atoms with van der Waals surface area (Å²) in [6, 6.07) is 0. The zero-order valence-electron chi connectivity index (χ0n) is 28.2. The molecule has 46 heavy (non-hydrogen) atoms. The molecule has 0 saturated carbocycles. The Labute approximate surface area is 280 Å². The number of hydrogen-bond donors (Lipinski definition) is 5. The van der Waals surface area contributed by atoms with Crippen LogP contribution >= 0.6 is 11.8 Å². The normalized spacial score (nSPS) is 22.3. The van der Waals surface area contributed by atoms with Gasteiger partial charge in [-0.3, -0.25) is 4.79 Å². The first-order valence-electron chi connectivity index (χ1n) is 17.1. The third kappa shape index (κ3) is 22.1. The van der Waals surface area contributed by atoms with E-state index in [0.29, 0.717) is 71.8 Å². The number of ether oxygens (including phenoxy) is 7. The molecule has 1 fully saturated rings. The third-order valence-electron chi connectivity index (χ3n) is 7.25. The van der Waals surface area contributed by atoms with Crippen LogP contribution in [-0.2, 0) is 38.0 Å². The monoisotopic (exact) mass is 685 g/mol. The quantitative estimate of drug-likeness (QED) is 0.0648. The Bertz CT molecular complexity index is 695. The van der Waals surface area contributed by atoms with Crippen molar-refractivity contribution in [3.8, 4) is 0 Å². The van der Waals surface area contributed by atoms with Gasteiger partial charge in [0, 0.05) is 31.9 Å². The Hall–Kier alpha value is -0.620. The van der Waals surface area contributed by atoms with Crippen molar-refractivity contribution in [1.82, 2.24) is 5.32 Å². The molecule has 3 unspecified atom stereocenters. The first-order valence-corrected chi connectivity index (χ1v) is 18.2. The highest BCUT2D eigenvalue weighted by molar-refractivity contribution is 7.99. The molecule has 274 valence electrons. The molecule has 1 saturated heterocycles. The Morgan fingerprint density at radius 2 is 1.28 bits per heavy atom. The van der Waals surface area contributed by atoms with Crippen LogP contribution in [-0.4, -0.2) is 154 Å². The van der Waals surface area contributed by atoms with Crippen molar-refractivity contribution in [2.75, 3.05) is 91.6 Å². The van der Waals surface area contributed by atoms with Crippen molar-refractivity contribution < 1.29 is 58.4 Å². The van der Waals surface area contributed by atoms with Crippen molar-refractivity contribution >= 4 is 17.7 Å². The van der Waals surface area contributed by atoms with Gasteiger partial charge in [0.25, 0.3) is 0 Å². The minimum absolute atomic E-state index is 0.0616. The van der Waals surface area contributed by atoms with Gasteiger partial charge in [-0.15, -0.1) is 11.8 Å². The number of aliphatic hydroxyl groups is 4. The average Bonchev–Trinajstić information content (AvgIpc) is 3.05. The van der Waals surface area contributed by atoms with Gasteiger partial charge in [0.1, 0.15) is 36.0 Å². The van der Waals surface area contributed by atoms with Crippen molar-refractivity contribution in [1.29, 1.82) is 0 Å². The molecule has 0 spiro atoms. The fraction of sp³-hybridized carbons (Fsp3) is 0.969.